The lowest BCUT2D eigenvalue weighted by molar-refractivity contribution is -0.120. The molecule has 0 unspecified atom stereocenters. The summed E-state index contributed by atoms with van der Waals surface area (Å²) < 4.78 is 5.31. The summed E-state index contributed by atoms with van der Waals surface area (Å²) in [4.78, 5) is 13.3. The maximum absolute atomic E-state index is 11.2. The molecule has 3 N–H and O–H groups in total. The molecule has 0 aliphatic rings. The quantitative estimate of drug-likeness (QED) is 0.762. The zero-order chi connectivity index (χ0) is 14.3. The Morgan fingerprint density at radius 1 is 1.47 bits per heavy atom. The van der Waals surface area contributed by atoms with Crippen LogP contribution in [0, 0.1) is 0 Å². The number of nitrogens with one attached hydrogen (secondary N) is 1. The van der Waals surface area contributed by atoms with E-state index in [-0.39, 0.29) is 5.91 Å². The number of nitrogens with two attached hydrogens (primary N) is 1. The fourth-order valence-electron chi connectivity index (χ4n) is 1.86. The van der Waals surface area contributed by atoms with Crippen LogP contribution in [0.15, 0.2) is 18.2 Å². The van der Waals surface area contributed by atoms with Gasteiger partial charge in [-0.3, -0.25) is 4.79 Å². The summed E-state index contributed by atoms with van der Waals surface area (Å²) in [6.07, 6.45) is 0.505. The van der Waals surface area contributed by atoms with Crippen LogP contribution in [0.1, 0.15) is 17.5 Å². The third-order valence-corrected chi connectivity index (χ3v) is 3.02. The van der Waals surface area contributed by atoms with Crippen LogP contribution in [0.25, 0.3) is 0 Å². The molecule has 5 nitrogen and oxygen atoms in total. The summed E-state index contributed by atoms with van der Waals surface area (Å²) in [5, 5.41) is 2.62. The van der Waals surface area contributed by atoms with Crippen LogP contribution in [0.4, 0.5) is 0 Å². The monoisotopic (exact) mass is 265 g/mol. The first-order valence-electron chi connectivity index (χ1n) is 6.35. The number of methoxy groups -OCH3 is 1. The zero-order valence-corrected chi connectivity index (χ0v) is 11.9. The normalized spacial score (nSPS) is 10.6. The summed E-state index contributed by atoms with van der Waals surface area (Å²) in [7, 11) is 5.29. The Morgan fingerprint density at radius 3 is 2.79 bits per heavy atom. The van der Waals surface area contributed by atoms with Crippen molar-refractivity contribution in [2.45, 2.75) is 19.5 Å². The second-order valence-electron chi connectivity index (χ2n) is 4.51. The Morgan fingerprint density at radius 2 is 2.21 bits per heavy atom. The average Bonchev–Trinajstić information content (AvgIpc) is 2.44. The van der Waals surface area contributed by atoms with Gasteiger partial charge in [0, 0.05) is 38.7 Å². The number of hydrogen-bond acceptors (Lipinski definition) is 4. The van der Waals surface area contributed by atoms with E-state index >= 15 is 0 Å². The lowest BCUT2D eigenvalue weighted by Crippen LogP contribution is -2.26. The Hall–Kier alpha value is -1.59. The number of carbonyl (C=O) groups excluding carboxylic acids is 1. The van der Waals surface area contributed by atoms with Crippen LogP contribution >= 0.6 is 0 Å². The van der Waals surface area contributed by atoms with Crippen molar-refractivity contribution in [2.24, 2.45) is 5.73 Å². The molecule has 0 radical (unpaired) electrons. The molecule has 19 heavy (non-hydrogen) atoms. The van der Waals surface area contributed by atoms with Gasteiger partial charge < -0.3 is 20.7 Å². The van der Waals surface area contributed by atoms with E-state index < -0.39 is 0 Å². The van der Waals surface area contributed by atoms with Crippen LogP contribution < -0.4 is 15.8 Å². The number of rotatable bonds is 7. The third kappa shape index (κ3) is 4.89. The minimum atomic E-state index is 0.0583. The summed E-state index contributed by atoms with van der Waals surface area (Å²) >= 11 is 0. The summed E-state index contributed by atoms with van der Waals surface area (Å²) in [6.45, 7) is 1.97. The minimum Gasteiger partial charge on any atom is -0.496 e. The number of nitrogens with zero attached hydrogens (tertiary/aromatic N) is 1. The van der Waals surface area contributed by atoms with Gasteiger partial charge in [0.2, 0.25) is 5.91 Å². The summed E-state index contributed by atoms with van der Waals surface area (Å²) in [5.74, 6) is 0.877. The van der Waals surface area contributed by atoms with E-state index in [9.17, 15) is 4.79 Å². The fraction of sp³-hybridized carbons (Fsp3) is 0.500. The molecular weight excluding hydrogens is 242 g/mol. The van der Waals surface area contributed by atoms with E-state index in [1.54, 1.807) is 14.2 Å². The molecule has 0 heterocycles. The predicted molar refractivity (Wildman–Crippen MR) is 75.9 cm³/mol. The maximum Gasteiger partial charge on any atom is 0.221 e. The van der Waals surface area contributed by atoms with Crippen molar-refractivity contribution >= 4 is 5.91 Å². The highest BCUT2D eigenvalue weighted by atomic mass is 16.5. The van der Waals surface area contributed by atoms with Gasteiger partial charge in [-0.1, -0.05) is 12.1 Å². The van der Waals surface area contributed by atoms with Gasteiger partial charge in [0.05, 0.1) is 7.11 Å². The van der Waals surface area contributed by atoms with Crippen molar-refractivity contribution in [2.75, 3.05) is 27.7 Å². The Labute approximate surface area is 114 Å². The molecule has 1 aromatic carbocycles. The van der Waals surface area contributed by atoms with Crippen molar-refractivity contribution in [1.82, 2.24) is 10.2 Å². The van der Waals surface area contributed by atoms with E-state index in [4.69, 9.17) is 10.5 Å². The van der Waals surface area contributed by atoms with Crippen LogP contribution in [-0.2, 0) is 17.9 Å². The molecule has 1 aromatic rings. The molecule has 0 atom stereocenters. The lowest BCUT2D eigenvalue weighted by Gasteiger charge is -2.17. The Kier molecular flexibility index (Phi) is 6.32. The molecular formula is C14H23N3O2. The van der Waals surface area contributed by atoms with Crippen molar-refractivity contribution in [3.05, 3.63) is 29.3 Å². The number of carbonyl (C=O) groups is 1. The minimum absolute atomic E-state index is 0.0583. The van der Waals surface area contributed by atoms with Gasteiger partial charge in [-0.05, 0) is 18.7 Å². The van der Waals surface area contributed by atoms with E-state index in [1.165, 1.54) is 0 Å². The molecule has 5 heteroatoms. The highest BCUT2D eigenvalue weighted by Crippen LogP contribution is 2.20. The fourth-order valence-corrected chi connectivity index (χ4v) is 1.86. The average molecular weight is 265 g/mol. The third-order valence-electron chi connectivity index (χ3n) is 3.02. The van der Waals surface area contributed by atoms with Gasteiger partial charge in [0.25, 0.3) is 0 Å². The molecule has 0 spiro atoms. The molecule has 1 rings (SSSR count). The molecule has 0 saturated carbocycles. The van der Waals surface area contributed by atoms with Crippen LogP contribution in [-0.4, -0.2) is 38.6 Å². The van der Waals surface area contributed by atoms with Crippen molar-refractivity contribution in [3.63, 3.8) is 0 Å². The molecule has 0 aliphatic heterocycles. The van der Waals surface area contributed by atoms with Gasteiger partial charge in [0.1, 0.15) is 5.75 Å². The first-order chi connectivity index (χ1) is 9.10. The number of ether oxygens (including phenoxy) is 1. The number of amides is 1. The van der Waals surface area contributed by atoms with Crippen molar-refractivity contribution in [1.29, 1.82) is 0 Å². The van der Waals surface area contributed by atoms with Crippen molar-refractivity contribution in [3.8, 4) is 5.75 Å². The highest BCUT2D eigenvalue weighted by Gasteiger charge is 2.07. The molecule has 1 amide bonds. The molecule has 0 aliphatic carbocycles. The molecule has 0 fully saturated rings. The second kappa shape index (κ2) is 7.76. The van der Waals surface area contributed by atoms with Gasteiger partial charge in [-0.15, -0.1) is 0 Å². The molecule has 0 bridgehead atoms. The lowest BCUT2D eigenvalue weighted by atomic mass is 10.1. The van der Waals surface area contributed by atoms with Gasteiger partial charge in [-0.2, -0.15) is 0 Å². The first kappa shape index (κ1) is 15.5. The van der Waals surface area contributed by atoms with Crippen LogP contribution in [0.2, 0.25) is 0 Å². The van der Waals surface area contributed by atoms with Crippen molar-refractivity contribution < 1.29 is 9.53 Å². The summed E-state index contributed by atoms with van der Waals surface area (Å²) in [5.41, 5.74) is 7.79. The first-order valence-corrected chi connectivity index (χ1v) is 6.35. The van der Waals surface area contributed by atoms with Crippen LogP contribution in [0.3, 0.4) is 0 Å². The molecule has 106 valence electrons. The van der Waals surface area contributed by atoms with Gasteiger partial charge in [-0.25, -0.2) is 0 Å². The molecule has 0 saturated heterocycles. The van der Waals surface area contributed by atoms with E-state index in [1.807, 2.05) is 25.2 Å². The second-order valence-corrected chi connectivity index (χ2v) is 4.51. The number of hydrogen-bond donors (Lipinski definition) is 2. The number of benzene rings is 1. The Balaban J connectivity index is 2.59. The topological polar surface area (TPSA) is 67.6 Å². The SMILES string of the molecule is CNC(=O)CCN(C)Cc1ccc(CN)c(OC)c1. The van der Waals surface area contributed by atoms with Crippen LogP contribution in [0.5, 0.6) is 5.75 Å². The van der Waals surface area contributed by atoms with E-state index in [0.717, 1.165) is 30.0 Å². The molecule has 0 aromatic heterocycles. The highest BCUT2D eigenvalue weighted by molar-refractivity contribution is 5.75. The van der Waals surface area contributed by atoms with Gasteiger partial charge in [0.15, 0.2) is 0 Å². The van der Waals surface area contributed by atoms with Gasteiger partial charge >= 0.3 is 0 Å². The summed E-state index contributed by atoms with van der Waals surface area (Å²) in [6, 6.07) is 6.03. The Bertz CT molecular complexity index is 421. The largest absolute Gasteiger partial charge is 0.496 e. The smallest absolute Gasteiger partial charge is 0.221 e. The zero-order valence-electron chi connectivity index (χ0n) is 11.9. The standard InChI is InChI=1S/C14H23N3O2/c1-16-14(18)6-7-17(2)10-11-4-5-12(9-15)13(8-11)19-3/h4-5,8H,6-7,9-10,15H2,1-3H3,(H,16,18). The maximum atomic E-state index is 11.2. The van der Waals surface area contributed by atoms with E-state index in [2.05, 4.69) is 10.2 Å². The van der Waals surface area contributed by atoms with E-state index in [0.29, 0.717) is 13.0 Å². The predicted octanol–water partition coefficient (Wildman–Crippen LogP) is 0.722.